The summed E-state index contributed by atoms with van der Waals surface area (Å²) in [6.07, 6.45) is 8.17. The molecular weight excluding hydrogens is 300 g/mol. The number of pyridine rings is 1. The van der Waals surface area contributed by atoms with Crippen molar-refractivity contribution in [2.75, 3.05) is 6.54 Å². The largest absolute Gasteiger partial charge is 0.466 e. The summed E-state index contributed by atoms with van der Waals surface area (Å²) in [4.78, 5) is 18.8. The molecule has 126 valence electrons. The predicted octanol–water partition coefficient (Wildman–Crippen LogP) is 4.09. The molecule has 3 atom stereocenters. The van der Waals surface area contributed by atoms with Crippen LogP contribution >= 0.6 is 0 Å². The first-order valence-electron chi connectivity index (χ1n) is 9.00. The number of carbonyl (C=O) groups is 1. The Balaban J connectivity index is 1.36. The zero-order valence-corrected chi connectivity index (χ0v) is 14.1. The van der Waals surface area contributed by atoms with Crippen LogP contribution in [0.25, 0.3) is 0 Å². The number of nitrogens with zero attached hydrogens (tertiary/aromatic N) is 2. The van der Waals surface area contributed by atoms with Gasteiger partial charge in [-0.2, -0.15) is 0 Å². The fourth-order valence-electron chi connectivity index (χ4n) is 3.82. The number of rotatable bonds is 5. The van der Waals surface area contributed by atoms with Gasteiger partial charge in [0, 0.05) is 37.7 Å². The first-order valence-corrected chi connectivity index (χ1v) is 9.00. The Morgan fingerprint density at radius 1 is 1.29 bits per heavy atom. The molecule has 1 saturated carbocycles. The van der Waals surface area contributed by atoms with E-state index in [9.17, 15) is 4.79 Å². The molecule has 2 fully saturated rings. The van der Waals surface area contributed by atoms with E-state index >= 15 is 0 Å². The molecule has 2 aromatic heterocycles. The Labute approximate surface area is 142 Å². The van der Waals surface area contributed by atoms with Gasteiger partial charge in [-0.1, -0.05) is 6.92 Å². The van der Waals surface area contributed by atoms with E-state index in [1.165, 1.54) is 12.0 Å². The maximum Gasteiger partial charge on any atom is 0.223 e. The molecule has 4 heteroatoms. The van der Waals surface area contributed by atoms with Gasteiger partial charge in [0.25, 0.3) is 0 Å². The normalized spacial score (nSPS) is 25.9. The van der Waals surface area contributed by atoms with Crippen LogP contribution in [0.2, 0.25) is 0 Å². The zero-order chi connectivity index (χ0) is 16.5. The number of aryl methyl sites for hydroxylation is 1. The maximum atomic E-state index is 12.7. The monoisotopic (exact) mass is 324 g/mol. The second kappa shape index (κ2) is 6.42. The molecule has 0 bridgehead atoms. The molecule has 0 aromatic carbocycles. The average Bonchev–Trinajstić information content (AvgIpc) is 3.05. The number of carbonyl (C=O) groups excluding carboxylic acids is 1. The minimum Gasteiger partial charge on any atom is -0.466 e. The van der Waals surface area contributed by atoms with Crippen molar-refractivity contribution in [3.63, 3.8) is 0 Å². The van der Waals surface area contributed by atoms with Crippen molar-refractivity contribution in [2.24, 2.45) is 5.92 Å². The van der Waals surface area contributed by atoms with Gasteiger partial charge in [-0.15, -0.1) is 0 Å². The lowest BCUT2D eigenvalue weighted by molar-refractivity contribution is -0.132. The quantitative estimate of drug-likeness (QED) is 0.832. The SMILES string of the molecule is C[C@@H]1C[C@H]1c1ccc(CCC(=O)N2CCC[C@H]2c2ccncc2)o1. The standard InChI is InChI=1S/C20H24N2O2/c1-14-13-17(14)19-6-4-16(24-19)5-7-20(23)22-12-2-3-18(22)15-8-10-21-11-9-15/h4,6,8-11,14,17-18H,2-3,5,7,12-13H2,1H3/t14-,17-,18+/m1/s1. The van der Waals surface area contributed by atoms with Crippen molar-refractivity contribution in [3.05, 3.63) is 53.7 Å². The van der Waals surface area contributed by atoms with E-state index < -0.39 is 0 Å². The van der Waals surface area contributed by atoms with E-state index in [0.717, 1.165) is 36.8 Å². The Morgan fingerprint density at radius 2 is 2.08 bits per heavy atom. The van der Waals surface area contributed by atoms with Crippen LogP contribution in [0.15, 0.2) is 41.1 Å². The fraction of sp³-hybridized carbons (Fsp3) is 0.500. The Bertz CT molecular complexity index is 709. The second-order valence-corrected chi connectivity index (χ2v) is 7.15. The number of amides is 1. The molecule has 0 radical (unpaired) electrons. The maximum absolute atomic E-state index is 12.7. The van der Waals surface area contributed by atoms with Gasteiger partial charge in [-0.3, -0.25) is 9.78 Å². The smallest absolute Gasteiger partial charge is 0.223 e. The minimum atomic E-state index is 0.208. The number of furan rings is 1. The number of likely N-dealkylation sites (tertiary alicyclic amines) is 1. The molecular formula is C20H24N2O2. The molecule has 2 aliphatic rings. The van der Waals surface area contributed by atoms with E-state index in [0.29, 0.717) is 18.8 Å². The Hall–Kier alpha value is -2.10. The van der Waals surface area contributed by atoms with E-state index in [1.54, 1.807) is 12.4 Å². The highest BCUT2D eigenvalue weighted by molar-refractivity contribution is 5.77. The molecule has 3 heterocycles. The highest BCUT2D eigenvalue weighted by Crippen LogP contribution is 2.47. The van der Waals surface area contributed by atoms with Gasteiger partial charge in [0.05, 0.1) is 6.04 Å². The molecule has 1 aliphatic carbocycles. The van der Waals surface area contributed by atoms with E-state index in [1.807, 2.05) is 23.1 Å². The summed E-state index contributed by atoms with van der Waals surface area (Å²) < 4.78 is 5.92. The summed E-state index contributed by atoms with van der Waals surface area (Å²) in [5, 5.41) is 0. The molecule has 0 N–H and O–H groups in total. The molecule has 2 aromatic rings. The third kappa shape index (κ3) is 3.10. The summed E-state index contributed by atoms with van der Waals surface area (Å²) in [6, 6.07) is 8.37. The van der Waals surface area contributed by atoms with Crippen LogP contribution in [-0.2, 0) is 11.2 Å². The van der Waals surface area contributed by atoms with Crippen LogP contribution in [0, 0.1) is 5.92 Å². The third-order valence-electron chi connectivity index (χ3n) is 5.41. The van der Waals surface area contributed by atoms with Gasteiger partial charge in [0.2, 0.25) is 5.91 Å². The van der Waals surface area contributed by atoms with Crippen molar-refractivity contribution in [2.45, 2.75) is 51.0 Å². The summed E-state index contributed by atoms with van der Waals surface area (Å²) in [7, 11) is 0. The Morgan fingerprint density at radius 3 is 2.83 bits per heavy atom. The molecule has 0 unspecified atom stereocenters. The van der Waals surface area contributed by atoms with E-state index in [-0.39, 0.29) is 11.9 Å². The van der Waals surface area contributed by atoms with Crippen molar-refractivity contribution in [3.8, 4) is 0 Å². The van der Waals surface area contributed by atoms with Crippen LogP contribution in [0.1, 0.15) is 61.7 Å². The number of hydrogen-bond donors (Lipinski definition) is 0. The third-order valence-corrected chi connectivity index (χ3v) is 5.41. The summed E-state index contributed by atoms with van der Waals surface area (Å²) in [5.41, 5.74) is 1.19. The van der Waals surface area contributed by atoms with Gasteiger partial charge in [-0.25, -0.2) is 0 Å². The van der Waals surface area contributed by atoms with Gasteiger partial charge in [-0.05, 0) is 55.0 Å². The molecule has 4 nitrogen and oxygen atoms in total. The van der Waals surface area contributed by atoms with E-state index in [4.69, 9.17) is 4.42 Å². The highest BCUT2D eigenvalue weighted by atomic mass is 16.3. The van der Waals surface area contributed by atoms with Crippen molar-refractivity contribution in [1.29, 1.82) is 0 Å². The fourth-order valence-corrected chi connectivity index (χ4v) is 3.82. The minimum absolute atomic E-state index is 0.208. The van der Waals surface area contributed by atoms with Gasteiger partial charge >= 0.3 is 0 Å². The first-order chi connectivity index (χ1) is 11.7. The van der Waals surface area contributed by atoms with E-state index in [2.05, 4.69) is 18.0 Å². The van der Waals surface area contributed by atoms with Crippen LogP contribution < -0.4 is 0 Å². The topological polar surface area (TPSA) is 46.3 Å². The zero-order valence-electron chi connectivity index (χ0n) is 14.1. The van der Waals surface area contributed by atoms with Crippen LogP contribution in [-0.4, -0.2) is 22.3 Å². The van der Waals surface area contributed by atoms with Crippen LogP contribution in [0.5, 0.6) is 0 Å². The molecule has 1 saturated heterocycles. The first kappa shape index (κ1) is 15.4. The van der Waals surface area contributed by atoms with Gasteiger partial charge in [0.1, 0.15) is 11.5 Å². The van der Waals surface area contributed by atoms with Crippen molar-refractivity contribution < 1.29 is 9.21 Å². The molecule has 24 heavy (non-hydrogen) atoms. The summed E-state index contributed by atoms with van der Waals surface area (Å²) in [5.74, 6) is 3.62. The summed E-state index contributed by atoms with van der Waals surface area (Å²) in [6.45, 7) is 3.11. The van der Waals surface area contributed by atoms with Gasteiger partial charge < -0.3 is 9.32 Å². The van der Waals surface area contributed by atoms with Gasteiger partial charge in [0.15, 0.2) is 0 Å². The number of hydrogen-bond acceptors (Lipinski definition) is 3. The average molecular weight is 324 g/mol. The van der Waals surface area contributed by atoms with Crippen LogP contribution in [0.3, 0.4) is 0 Å². The van der Waals surface area contributed by atoms with Crippen molar-refractivity contribution in [1.82, 2.24) is 9.88 Å². The lowest BCUT2D eigenvalue weighted by atomic mass is 10.1. The summed E-state index contributed by atoms with van der Waals surface area (Å²) >= 11 is 0. The lowest BCUT2D eigenvalue weighted by Crippen LogP contribution is -2.30. The second-order valence-electron chi connectivity index (χ2n) is 7.15. The predicted molar refractivity (Wildman–Crippen MR) is 91.5 cm³/mol. The lowest BCUT2D eigenvalue weighted by Gasteiger charge is -2.25. The van der Waals surface area contributed by atoms with Crippen molar-refractivity contribution >= 4 is 5.91 Å². The number of aromatic nitrogens is 1. The molecule has 4 rings (SSSR count). The Kier molecular flexibility index (Phi) is 4.13. The molecule has 1 amide bonds. The molecule has 0 spiro atoms. The van der Waals surface area contributed by atoms with Crippen LogP contribution in [0.4, 0.5) is 0 Å². The highest BCUT2D eigenvalue weighted by Gasteiger charge is 2.36. The molecule has 1 aliphatic heterocycles.